The molecule has 1 unspecified atom stereocenters. The van der Waals surface area contributed by atoms with Gasteiger partial charge in [-0.1, -0.05) is 15.9 Å². The second-order valence-corrected chi connectivity index (χ2v) is 7.50. The molecule has 138 valence electrons. The largest absolute Gasteiger partial charge is 0.354 e. The third-order valence-corrected chi connectivity index (χ3v) is 5.06. The highest BCUT2D eigenvalue weighted by atomic mass is 79.9. The number of nitrogens with zero attached hydrogens (tertiary/aromatic N) is 3. The summed E-state index contributed by atoms with van der Waals surface area (Å²) in [6, 6.07) is 6.88. The van der Waals surface area contributed by atoms with E-state index in [-0.39, 0.29) is 17.9 Å². The molecule has 0 bridgehead atoms. The van der Waals surface area contributed by atoms with Crippen molar-refractivity contribution < 1.29 is 9.59 Å². The average Bonchev–Trinajstić information content (AvgIpc) is 3.27. The third-order valence-electron chi connectivity index (χ3n) is 4.53. The number of likely N-dealkylation sites (tertiary alicyclic amines) is 1. The van der Waals surface area contributed by atoms with Crippen molar-refractivity contribution in [3.05, 3.63) is 52.3 Å². The van der Waals surface area contributed by atoms with Crippen molar-refractivity contribution in [2.45, 2.75) is 38.8 Å². The zero-order valence-electron chi connectivity index (χ0n) is 14.8. The number of carbonyl (C=O) groups is 2. The lowest BCUT2D eigenvalue weighted by molar-refractivity contribution is -0.124. The number of hydrogen-bond donors (Lipinski definition) is 1. The number of amides is 2. The van der Waals surface area contributed by atoms with Crippen LogP contribution >= 0.6 is 15.9 Å². The van der Waals surface area contributed by atoms with Crippen molar-refractivity contribution in [1.29, 1.82) is 0 Å². The second-order valence-electron chi connectivity index (χ2n) is 6.59. The van der Waals surface area contributed by atoms with E-state index in [1.165, 1.54) is 0 Å². The maximum absolute atomic E-state index is 12.7. The first-order valence-corrected chi connectivity index (χ1v) is 9.67. The lowest BCUT2D eigenvalue weighted by atomic mass is 10.1. The summed E-state index contributed by atoms with van der Waals surface area (Å²) in [6.45, 7) is 3.97. The van der Waals surface area contributed by atoms with Gasteiger partial charge in [0.25, 0.3) is 5.91 Å². The van der Waals surface area contributed by atoms with E-state index in [0.717, 1.165) is 29.4 Å². The molecule has 3 rings (SSSR count). The first-order valence-electron chi connectivity index (χ1n) is 8.88. The van der Waals surface area contributed by atoms with Gasteiger partial charge in [0, 0.05) is 35.9 Å². The predicted octanol–water partition coefficient (Wildman–Crippen LogP) is 2.77. The van der Waals surface area contributed by atoms with E-state index < -0.39 is 0 Å². The molecular formula is C19H23BrN4O2. The summed E-state index contributed by atoms with van der Waals surface area (Å²) in [6.07, 6.45) is 6.18. The summed E-state index contributed by atoms with van der Waals surface area (Å²) in [7, 11) is 0. The van der Waals surface area contributed by atoms with Gasteiger partial charge in [0.05, 0.1) is 6.20 Å². The monoisotopic (exact) mass is 418 g/mol. The fourth-order valence-corrected chi connectivity index (χ4v) is 3.46. The SMILES string of the molecule is Cc1cnn(CCCNC(=O)C2CCCN2C(=O)c2ccc(Br)cc2)c1. The molecule has 0 radical (unpaired) electrons. The van der Waals surface area contributed by atoms with Crippen LogP contribution in [0.15, 0.2) is 41.1 Å². The average molecular weight is 419 g/mol. The molecule has 2 amide bonds. The summed E-state index contributed by atoms with van der Waals surface area (Å²) in [5.41, 5.74) is 1.74. The van der Waals surface area contributed by atoms with Crippen LogP contribution in [0.5, 0.6) is 0 Å². The summed E-state index contributed by atoms with van der Waals surface area (Å²) < 4.78 is 2.80. The molecule has 0 saturated carbocycles. The van der Waals surface area contributed by atoms with E-state index in [0.29, 0.717) is 25.1 Å². The van der Waals surface area contributed by atoms with Crippen molar-refractivity contribution in [3.8, 4) is 0 Å². The Hall–Kier alpha value is -2.15. The van der Waals surface area contributed by atoms with Crippen molar-refractivity contribution in [2.75, 3.05) is 13.1 Å². The van der Waals surface area contributed by atoms with Gasteiger partial charge < -0.3 is 10.2 Å². The minimum atomic E-state index is -0.377. The van der Waals surface area contributed by atoms with Crippen LogP contribution < -0.4 is 5.32 Å². The maximum Gasteiger partial charge on any atom is 0.254 e. The molecule has 1 atom stereocenters. The summed E-state index contributed by atoms with van der Waals surface area (Å²) in [5.74, 6) is -0.147. The molecule has 1 fully saturated rings. The van der Waals surface area contributed by atoms with Crippen LogP contribution in [-0.4, -0.2) is 45.6 Å². The Balaban J connectivity index is 1.51. The highest BCUT2D eigenvalue weighted by Gasteiger charge is 2.34. The maximum atomic E-state index is 12.7. The number of halogens is 1. The van der Waals surface area contributed by atoms with Crippen LogP contribution in [0.3, 0.4) is 0 Å². The van der Waals surface area contributed by atoms with Gasteiger partial charge in [-0.05, 0) is 56.0 Å². The molecule has 2 heterocycles. The summed E-state index contributed by atoms with van der Waals surface area (Å²) >= 11 is 3.37. The molecule has 1 N–H and O–H groups in total. The fourth-order valence-electron chi connectivity index (χ4n) is 3.20. The van der Waals surface area contributed by atoms with Crippen LogP contribution in [-0.2, 0) is 11.3 Å². The van der Waals surface area contributed by atoms with E-state index in [2.05, 4.69) is 26.3 Å². The van der Waals surface area contributed by atoms with Crippen LogP contribution in [0, 0.1) is 6.92 Å². The molecule has 7 heteroatoms. The number of hydrogen-bond acceptors (Lipinski definition) is 3. The molecule has 26 heavy (non-hydrogen) atoms. The Kier molecular flexibility index (Phi) is 6.08. The first-order chi connectivity index (χ1) is 12.5. The Labute approximate surface area is 161 Å². The smallest absolute Gasteiger partial charge is 0.254 e. The van der Waals surface area contributed by atoms with Crippen molar-refractivity contribution in [3.63, 3.8) is 0 Å². The Morgan fingerprint density at radius 3 is 2.77 bits per heavy atom. The lowest BCUT2D eigenvalue weighted by Crippen LogP contribution is -2.46. The molecule has 1 aromatic carbocycles. The zero-order chi connectivity index (χ0) is 18.5. The summed E-state index contributed by atoms with van der Waals surface area (Å²) in [4.78, 5) is 26.9. The zero-order valence-corrected chi connectivity index (χ0v) is 16.4. The van der Waals surface area contributed by atoms with E-state index >= 15 is 0 Å². The Morgan fingerprint density at radius 1 is 1.31 bits per heavy atom. The highest BCUT2D eigenvalue weighted by Crippen LogP contribution is 2.21. The van der Waals surface area contributed by atoms with Gasteiger partial charge in [-0.2, -0.15) is 5.10 Å². The van der Waals surface area contributed by atoms with Crippen molar-refractivity contribution >= 4 is 27.7 Å². The molecule has 1 saturated heterocycles. The van der Waals surface area contributed by atoms with E-state index in [9.17, 15) is 9.59 Å². The van der Waals surface area contributed by atoms with Crippen LogP contribution in [0.25, 0.3) is 0 Å². The molecule has 1 aliphatic rings. The predicted molar refractivity (Wildman–Crippen MR) is 103 cm³/mol. The van der Waals surface area contributed by atoms with Crippen LogP contribution in [0.2, 0.25) is 0 Å². The molecule has 2 aromatic rings. The van der Waals surface area contributed by atoms with E-state index in [1.807, 2.05) is 36.1 Å². The second kappa shape index (κ2) is 8.49. The van der Waals surface area contributed by atoms with Gasteiger partial charge in [0.1, 0.15) is 6.04 Å². The van der Waals surface area contributed by atoms with Crippen molar-refractivity contribution in [2.24, 2.45) is 0 Å². The molecule has 1 aliphatic heterocycles. The van der Waals surface area contributed by atoms with Gasteiger partial charge in [-0.3, -0.25) is 14.3 Å². The van der Waals surface area contributed by atoms with Gasteiger partial charge >= 0.3 is 0 Å². The normalized spacial score (nSPS) is 16.7. The van der Waals surface area contributed by atoms with Crippen molar-refractivity contribution in [1.82, 2.24) is 20.0 Å². The van der Waals surface area contributed by atoms with Gasteiger partial charge in [0.15, 0.2) is 0 Å². The third kappa shape index (κ3) is 4.52. The van der Waals surface area contributed by atoms with E-state index in [4.69, 9.17) is 0 Å². The van der Waals surface area contributed by atoms with Gasteiger partial charge in [-0.15, -0.1) is 0 Å². The minimum absolute atomic E-state index is 0.0652. The Morgan fingerprint density at radius 2 is 2.08 bits per heavy atom. The molecule has 0 aliphatic carbocycles. The van der Waals surface area contributed by atoms with Gasteiger partial charge in [0.2, 0.25) is 5.91 Å². The lowest BCUT2D eigenvalue weighted by Gasteiger charge is -2.24. The fraction of sp³-hybridized carbons (Fsp3) is 0.421. The first kappa shape index (κ1) is 18.6. The highest BCUT2D eigenvalue weighted by molar-refractivity contribution is 9.10. The topological polar surface area (TPSA) is 67.2 Å². The number of carbonyl (C=O) groups excluding carboxylic acids is 2. The quantitative estimate of drug-likeness (QED) is 0.733. The number of rotatable bonds is 6. The van der Waals surface area contributed by atoms with Crippen LogP contribution in [0.1, 0.15) is 35.2 Å². The molecule has 1 aromatic heterocycles. The van der Waals surface area contributed by atoms with Crippen LogP contribution in [0.4, 0.5) is 0 Å². The van der Waals surface area contributed by atoms with E-state index in [1.54, 1.807) is 17.0 Å². The Bertz CT molecular complexity index is 772. The molecule has 0 spiro atoms. The number of nitrogens with one attached hydrogen (secondary N) is 1. The number of aryl methyl sites for hydroxylation is 2. The summed E-state index contributed by atoms with van der Waals surface area (Å²) in [5, 5.41) is 7.20. The number of aromatic nitrogens is 2. The van der Waals surface area contributed by atoms with Gasteiger partial charge in [-0.25, -0.2) is 0 Å². The molecule has 6 nitrogen and oxygen atoms in total. The molecular weight excluding hydrogens is 396 g/mol. The minimum Gasteiger partial charge on any atom is -0.354 e. The number of benzene rings is 1. The standard InChI is InChI=1S/C19H23BrN4O2/c1-14-12-22-23(13-14)10-3-9-21-18(25)17-4-2-11-24(17)19(26)15-5-7-16(20)8-6-15/h5-8,12-13,17H,2-4,9-11H2,1H3,(H,21,25).